The Balaban J connectivity index is 1.05. The number of amides is 1. The van der Waals surface area contributed by atoms with Gasteiger partial charge in [-0.1, -0.05) is 49.4 Å². The monoisotopic (exact) mass is 671 g/mol. The van der Waals surface area contributed by atoms with E-state index in [1.165, 1.54) is 36.1 Å². The molecule has 10 heteroatoms. The van der Waals surface area contributed by atoms with Crippen molar-refractivity contribution < 1.29 is 17.6 Å². The summed E-state index contributed by atoms with van der Waals surface area (Å²) in [7, 11) is -4.05. The molecular formula is C38H46FN5O3S. The van der Waals surface area contributed by atoms with Crippen molar-refractivity contribution in [3.63, 3.8) is 0 Å². The van der Waals surface area contributed by atoms with Crippen LogP contribution in [0.4, 0.5) is 4.39 Å². The molecule has 7 rings (SSSR count). The van der Waals surface area contributed by atoms with E-state index in [4.69, 9.17) is 4.98 Å². The Morgan fingerprint density at radius 1 is 0.958 bits per heavy atom. The smallest absolute Gasteiger partial charge is 0.253 e. The number of fused-ring (bicyclic) bond motifs is 3. The maximum absolute atomic E-state index is 14.6. The number of piperidine rings is 2. The average molecular weight is 672 g/mol. The minimum atomic E-state index is -4.05. The van der Waals surface area contributed by atoms with Crippen LogP contribution < -0.4 is 4.72 Å². The van der Waals surface area contributed by atoms with Crippen molar-refractivity contribution in [1.29, 1.82) is 0 Å². The SMILES string of the molecule is CCCNS(=O)(=O)c1cc(C(=O)N2CCC(CCN3[C@@H]4CC[C@H]3CC(n3c(C)nc5ccccc53)C4)(c3ccccc3)CC2)ccc1F. The first kappa shape index (κ1) is 32.9. The maximum atomic E-state index is 14.6. The van der Waals surface area contributed by atoms with Crippen LogP contribution in [-0.2, 0) is 15.4 Å². The second kappa shape index (κ2) is 13.4. The van der Waals surface area contributed by atoms with E-state index in [1.54, 1.807) is 4.90 Å². The van der Waals surface area contributed by atoms with E-state index >= 15 is 0 Å². The maximum Gasteiger partial charge on any atom is 0.253 e. The van der Waals surface area contributed by atoms with Crippen LogP contribution >= 0.6 is 0 Å². The van der Waals surface area contributed by atoms with Crippen molar-refractivity contribution in [3.8, 4) is 0 Å². The average Bonchev–Trinajstić information content (AvgIpc) is 3.56. The van der Waals surface area contributed by atoms with E-state index in [9.17, 15) is 17.6 Å². The molecule has 8 nitrogen and oxygen atoms in total. The summed E-state index contributed by atoms with van der Waals surface area (Å²) in [6.45, 7) is 6.32. The summed E-state index contributed by atoms with van der Waals surface area (Å²) in [4.78, 5) is 22.6. The molecule has 1 aromatic heterocycles. The van der Waals surface area contributed by atoms with Crippen molar-refractivity contribution in [2.45, 2.75) is 93.7 Å². The van der Waals surface area contributed by atoms with Gasteiger partial charge in [-0.3, -0.25) is 9.69 Å². The lowest BCUT2D eigenvalue weighted by Crippen LogP contribution is -2.49. The minimum Gasteiger partial charge on any atom is -0.339 e. The van der Waals surface area contributed by atoms with Gasteiger partial charge in [0.1, 0.15) is 16.5 Å². The van der Waals surface area contributed by atoms with E-state index in [2.05, 4.69) is 75.7 Å². The molecule has 0 aliphatic carbocycles. The Morgan fingerprint density at radius 3 is 2.35 bits per heavy atom. The highest BCUT2D eigenvalue weighted by atomic mass is 32.2. The zero-order valence-electron chi connectivity index (χ0n) is 27.9. The molecule has 3 aliphatic rings. The highest BCUT2D eigenvalue weighted by molar-refractivity contribution is 7.89. The summed E-state index contributed by atoms with van der Waals surface area (Å²) in [5, 5.41) is 0. The Hall–Kier alpha value is -3.60. The number of aromatic nitrogens is 2. The molecule has 3 aromatic carbocycles. The van der Waals surface area contributed by atoms with Crippen LogP contribution in [0.25, 0.3) is 11.0 Å². The first-order chi connectivity index (χ1) is 23.2. The Labute approximate surface area is 283 Å². The zero-order valence-corrected chi connectivity index (χ0v) is 28.8. The Kier molecular flexibility index (Phi) is 9.17. The summed E-state index contributed by atoms with van der Waals surface area (Å²) in [5.74, 6) is -0.0144. The number of sulfonamides is 1. The largest absolute Gasteiger partial charge is 0.339 e. The standard InChI is InChI=1S/C38H46FN5O3S/c1-3-20-40-48(46,47)36-24-28(13-16-33(36)39)37(45)42-21-17-38(18-22-42,29-9-5-4-6-10-29)19-23-43-30-14-15-31(43)26-32(25-30)44-27(2)41-34-11-7-8-12-35(34)44/h4-13,16,24,30-32,40H,3,14-15,17-23,25-26H2,1-2H3/t30-,31+,32?. The third kappa shape index (κ3) is 6.18. The quantitative estimate of drug-likeness (QED) is 0.205. The zero-order chi connectivity index (χ0) is 33.5. The molecule has 1 amide bonds. The van der Waals surface area contributed by atoms with Gasteiger partial charge >= 0.3 is 0 Å². The van der Waals surface area contributed by atoms with E-state index in [0.717, 1.165) is 56.1 Å². The molecule has 48 heavy (non-hydrogen) atoms. The third-order valence-electron chi connectivity index (χ3n) is 11.2. The van der Waals surface area contributed by atoms with Crippen molar-refractivity contribution in [1.82, 2.24) is 24.1 Å². The van der Waals surface area contributed by atoms with Crippen LogP contribution in [0, 0.1) is 12.7 Å². The second-order valence-electron chi connectivity index (χ2n) is 14.0. The topological polar surface area (TPSA) is 87.5 Å². The van der Waals surface area contributed by atoms with Crippen LogP contribution in [0.3, 0.4) is 0 Å². The number of nitrogens with zero attached hydrogens (tertiary/aromatic N) is 4. The van der Waals surface area contributed by atoms with E-state index in [-0.39, 0.29) is 23.4 Å². The third-order valence-corrected chi connectivity index (χ3v) is 12.7. The van der Waals surface area contributed by atoms with Gasteiger partial charge in [-0.25, -0.2) is 22.5 Å². The molecule has 3 atom stereocenters. The van der Waals surface area contributed by atoms with Gasteiger partial charge < -0.3 is 9.47 Å². The van der Waals surface area contributed by atoms with Gasteiger partial charge in [-0.2, -0.15) is 0 Å². The molecule has 254 valence electrons. The highest BCUT2D eigenvalue weighted by Gasteiger charge is 2.44. The van der Waals surface area contributed by atoms with Crippen molar-refractivity contribution >= 4 is 27.0 Å². The molecule has 0 saturated carbocycles. The number of hydrogen-bond donors (Lipinski definition) is 1. The van der Waals surface area contributed by atoms with Gasteiger partial charge in [0.05, 0.1) is 11.0 Å². The molecule has 3 saturated heterocycles. The first-order valence-corrected chi connectivity index (χ1v) is 19.0. The molecule has 1 N–H and O–H groups in total. The molecule has 0 spiro atoms. The second-order valence-corrected chi connectivity index (χ2v) is 15.7. The summed E-state index contributed by atoms with van der Waals surface area (Å²) in [6.07, 6.45) is 7.99. The number of nitrogens with one attached hydrogen (secondary N) is 1. The number of hydrogen-bond acceptors (Lipinski definition) is 5. The molecule has 2 bridgehead atoms. The van der Waals surface area contributed by atoms with Gasteiger partial charge in [0.25, 0.3) is 5.91 Å². The number of carbonyl (C=O) groups is 1. The normalized spacial score (nSPS) is 22.7. The van der Waals surface area contributed by atoms with Crippen molar-refractivity contribution in [3.05, 3.63) is 95.6 Å². The number of likely N-dealkylation sites (tertiary alicyclic amines) is 1. The fourth-order valence-corrected chi connectivity index (χ4v) is 9.98. The summed E-state index contributed by atoms with van der Waals surface area (Å²) in [5.41, 5.74) is 3.77. The fraction of sp³-hybridized carbons (Fsp3) is 0.474. The Bertz CT molecular complexity index is 1870. The van der Waals surface area contributed by atoms with E-state index in [0.29, 0.717) is 37.6 Å². The van der Waals surface area contributed by atoms with Gasteiger partial charge in [0, 0.05) is 43.3 Å². The lowest BCUT2D eigenvalue weighted by atomic mass is 9.70. The fourth-order valence-electron chi connectivity index (χ4n) is 8.74. The minimum absolute atomic E-state index is 0.0627. The number of halogens is 1. The number of benzene rings is 3. The number of imidazole rings is 1. The number of carbonyl (C=O) groups excluding carboxylic acids is 1. The molecule has 4 aromatic rings. The van der Waals surface area contributed by atoms with Gasteiger partial charge in [-0.05, 0) is 106 Å². The molecule has 4 heterocycles. The van der Waals surface area contributed by atoms with Crippen molar-refractivity contribution in [2.75, 3.05) is 26.2 Å². The predicted octanol–water partition coefficient (Wildman–Crippen LogP) is 6.60. The molecule has 3 fully saturated rings. The van der Waals surface area contributed by atoms with Gasteiger partial charge in [-0.15, -0.1) is 0 Å². The van der Waals surface area contributed by atoms with Crippen LogP contribution in [-0.4, -0.2) is 71.9 Å². The first-order valence-electron chi connectivity index (χ1n) is 17.5. The number of aryl methyl sites for hydroxylation is 1. The Morgan fingerprint density at radius 2 is 1.65 bits per heavy atom. The molecular weight excluding hydrogens is 626 g/mol. The van der Waals surface area contributed by atoms with E-state index < -0.39 is 20.7 Å². The molecule has 0 radical (unpaired) electrons. The molecule has 1 unspecified atom stereocenters. The van der Waals surface area contributed by atoms with Crippen LogP contribution in [0.2, 0.25) is 0 Å². The summed E-state index contributed by atoms with van der Waals surface area (Å²) in [6, 6.07) is 24.4. The van der Waals surface area contributed by atoms with Gasteiger partial charge in [0.15, 0.2) is 0 Å². The van der Waals surface area contributed by atoms with Gasteiger partial charge in [0.2, 0.25) is 10.0 Å². The molecule has 3 aliphatic heterocycles. The lowest BCUT2D eigenvalue weighted by Gasteiger charge is -2.45. The predicted molar refractivity (Wildman–Crippen MR) is 186 cm³/mol. The van der Waals surface area contributed by atoms with Crippen LogP contribution in [0.5, 0.6) is 0 Å². The number of para-hydroxylation sites is 2. The summed E-state index contributed by atoms with van der Waals surface area (Å²) < 4.78 is 44.9. The lowest BCUT2D eigenvalue weighted by molar-refractivity contribution is 0.0606. The number of rotatable bonds is 10. The van der Waals surface area contributed by atoms with Crippen LogP contribution in [0.1, 0.15) is 86.1 Å². The summed E-state index contributed by atoms with van der Waals surface area (Å²) >= 11 is 0. The van der Waals surface area contributed by atoms with E-state index in [1.807, 2.05) is 6.92 Å². The highest BCUT2D eigenvalue weighted by Crippen LogP contribution is 2.45. The van der Waals surface area contributed by atoms with Crippen LogP contribution in [0.15, 0.2) is 77.7 Å². The van der Waals surface area contributed by atoms with Crippen molar-refractivity contribution in [2.24, 2.45) is 0 Å².